The van der Waals surface area contributed by atoms with E-state index >= 15 is 0 Å². The van der Waals surface area contributed by atoms with E-state index < -0.39 is 31.5 Å². The van der Waals surface area contributed by atoms with Gasteiger partial charge in [0.25, 0.3) is 10.1 Å². The number of nitrogen functional groups attached to an aromatic ring is 1. The number of aliphatic hydroxyl groups is 1. The summed E-state index contributed by atoms with van der Waals surface area (Å²) < 4.78 is 59.3. The molecule has 1 rings (SSSR count). The molecule has 0 heterocycles. The van der Waals surface area contributed by atoms with Gasteiger partial charge in [-0.3, -0.25) is 4.55 Å². The summed E-state index contributed by atoms with van der Waals surface area (Å²) in [5.41, 5.74) is 5.57. The molecule has 0 radical (unpaired) electrons. The Morgan fingerprint density at radius 3 is 2.38 bits per heavy atom. The third-order valence-electron chi connectivity index (χ3n) is 2.51. The molecule has 0 bridgehead atoms. The number of nitrogens with two attached hydrogens (primary N) is 1. The quantitative estimate of drug-likeness (QED) is 0.332. The highest BCUT2D eigenvalue weighted by Gasteiger charge is 2.17. The van der Waals surface area contributed by atoms with Gasteiger partial charge >= 0.3 is 0 Å². The smallest absolute Gasteiger partial charge is 0.298 e. The molecule has 0 amide bonds. The van der Waals surface area contributed by atoms with Crippen LogP contribution in [0.1, 0.15) is 6.42 Å². The second-order valence-corrected chi connectivity index (χ2v) is 7.95. The number of hydrogen-bond acceptors (Lipinski definition) is 7. The van der Waals surface area contributed by atoms with Crippen LogP contribution in [0.25, 0.3) is 0 Å². The molecule has 0 aromatic heterocycles. The molecule has 1 aromatic rings. The van der Waals surface area contributed by atoms with E-state index in [9.17, 15) is 16.8 Å². The Bertz CT molecular complexity index is 683. The highest BCUT2D eigenvalue weighted by atomic mass is 32.2. The second-order valence-electron chi connectivity index (χ2n) is 4.26. The SMILES string of the molecule is Nc1ccc(OCCCS(=O)(=O)CCO)c(S(=O)(=O)O)c1. The van der Waals surface area contributed by atoms with E-state index in [1.165, 1.54) is 12.1 Å². The summed E-state index contributed by atoms with van der Waals surface area (Å²) in [6.45, 7) is -0.509. The summed E-state index contributed by atoms with van der Waals surface area (Å²) in [6.07, 6.45) is 0.123. The first-order valence-corrected chi connectivity index (χ1v) is 9.23. The maximum absolute atomic E-state index is 11.3. The number of sulfone groups is 1. The van der Waals surface area contributed by atoms with Crippen LogP contribution in [0.3, 0.4) is 0 Å². The summed E-state index contributed by atoms with van der Waals surface area (Å²) >= 11 is 0. The summed E-state index contributed by atoms with van der Waals surface area (Å²) in [7, 11) is -7.84. The number of aliphatic hydroxyl groups excluding tert-OH is 1. The van der Waals surface area contributed by atoms with Gasteiger partial charge in [-0.25, -0.2) is 8.42 Å². The van der Waals surface area contributed by atoms with Crippen molar-refractivity contribution in [3.63, 3.8) is 0 Å². The second kappa shape index (κ2) is 7.07. The van der Waals surface area contributed by atoms with Gasteiger partial charge in [-0.05, 0) is 24.6 Å². The zero-order chi connectivity index (χ0) is 16.1. The van der Waals surface area contributed by atoms with E-state index in [1.807, 2.05) is 0 Å². The van der Waals surface area contributed by atoms with Crippen LogP contribution in [0.5, 0.6) is 5.75 Å². The first-order valence-electron chi connectivity index (χ1n) is 5.97. The Morgan fingerprint density at radius 2 is 1.81 bits per heavy atom. The van der Waals surface area contributed by atoms with Crippen molar-refractivity contribution in [2.24, 2.45) is 0 Å². The lowest BCUT2D eigenvalue weighted by Gasteiger charge is -2.10. The van der Waals surface area contributed by atoms with Gasteiger partial charge in [-0.1, -0.05) is 0 Å². The lowest BCUT2D eigenvalue weighted by atomic mass is 10.3. The minimum atomic E-state index is -4.49. The lowest BCUT2D eigenvalue weighted by Crippen LogP contribution is -2.16. The first kappa shape index (κ1) is 17.7. The van der Waals surface area contributed by atoms with Gasteiger partial charge in [0.1, 0.15) is 10.6 Å². The molecule has 0 fully saturated rings. The van der Waals surface area contributed by atoms with Gasteiger partial charge in [0.05, 0.1) is 24.7 Å². The van der Waals surface area contributed by atoms with Crippen LogP contribution < -0.4 is 10.5 Å². The normalized spacial score (nSPS) is 12.3. The molecule has 0 saturated heterocycles. The van der Waals surface area contributed by atoms with Crippen molar-refractivity contribution < 1.29 is 31.2 Å². The van der Waals surface area contributed by atoms with Crippen LogP contribution in [0.15, 0.2) is 23.1 Å². The Morgan fingerprint density at radius 1 is 1.14 bits per heavy atom. The first-order chi connectivity index (χ1) is 9.65. The van der Waals surface area contributed by atoms with E-state index in [0.717, 1.165) is 6.07 Å². The Kier molecular flexibility index (Phi) is 5.96. The predicted octanol–water partition coefficient (Wildman–Crippen LogP) is -0.308. The molecule has 4 N–H and O–H groups in total. The largest absolute Gasteiger partial charge is 0.492 e. The van der Waals surface area contributed by atoms with Crippen LogP contribution >= 0.6 is 0 Å². The van der Waals surface area contributed by atoms with Crippen LogP contribution in [0.4, 0.5) is 5.69 Å². The number of hydrogen-bond donors (Lipinski definition) is 3. The van der Waals surface area contributed by atoms with Crippen molar-refractivity contribution >= 4 is 25.6 Å². The zero-order valence-electron chi connectivity index (χ0n) is 11.1. The number of ether oxygens (including phenoxy) is 1. The molecule has 0 unspecified atom stereocenters. The van der Waals surface area contributed by atoms with Crippen LogP contribution in [-0.2, 0) is 20.0 Å². The fourth-order valence-corrected chi connectivity index (χ4v) is 3.25. The average molecular weight is 339 g/mol. The maximum Gasteiger partial charge on any atom is 0.298 e. The van der Waals surface area contributed by atoms with Crippen molar-refractivity contribution in [1.29, 1.82) is 0 Å². The summed E-state index contributed by atoms with van der Waals surface area (Å²) in [5, 5.41) is 8.57. The molecule has 10 heteroatoms. The molecule has 0 aliphatic carbocycles. The van der Waals surface area contributed by atoms with Crippen LogP contribution in [0, 0.1) is 0 Å². The fourth-order valence-electron chi connectivity index (χ4n) is 1.55. The maximum atomic E-state index is 11.3. The van der Waals surface area contributed by atoms with E-state index in [-0.39, 0.29) is 36.0 Å². The lowest BCUT2D eigenvalue weighted by molar-refractivity contribution is 0.306. The average Bonchev–Trinajstić information content (AvgIpc) is 2.34. The highest BCUT2D eigenvalue weighted by Crippen LogP contribution is 2.26. The molecular weight excluding hydrogens is 322 g/mol. The monoisotopic (exact) mass is 339 g/mol. The highest BCUT2D eigenvalue weighted by molar-refractivity contribution is 7.91. The van der Waals surface area contributed by atoms with Crippen molar-refractivity contribution in [2.75, 3.05) is 30.5 Å². The van der Waals surface area contributed by atoms with Crippen molar-refractivity contribution in [3.8, 4) is 5.75 Å². The minimum absolute atomic E-state index is 0.0584. The molecule has 1 aromatic carbocycles. The third kappa shape index (κ3) is 5.87. The Hall–Kier alpha value is -1.36. The third-order valence-corrected chi connectivity index (χ3v) is 5.10. The predicted molar refractivity (Wildman–Crippen MR) is 76.5 cm³/mol. The Balaban J connectivity index is 2.69. The van der Waals surface area contributed by atoms with E-state index in [4.69, 9.17) is 20.1 Å². The topological polar surface area (TPSA) is 144 Å². The molecular formula is C11H17NO7S2. The fraction of sp³-hybridized carbons (Fsp3) is 0.455. The van der Waals surface area contributed by atoms with Crippen LogP contribution in [-0.4, -0.2) is 51.2 Å². The van der Waals surface area contributed by atoms with Crippen LogP contribution in [0.2, 0.25) is 0 Å². The minimum Gasteiger partial charge on any atom is -0.492 e. The Labute approximate surface area is 123 Å². The van der Waals surface area contributed by atoms with Gasteiger partial charge in [-0.15, -0.1) is 0 Å². The summed E-state index contributed by atoms with van der Waals surface area (Å²) in [6, 6.07) is 3.72. The van der Waals surface area contributed by atoms with Gasteiger partial charge in [0, 0.05) is 5.69 Å². The molecule has 0 aliphatic heterocycles. The molecule has 0 saturated carbocycles. The van der Waals surface area contributed by atoms with Gasteiger partial charge in [0.2, 0.25) is 0 Å². The standard InChI is InChI=1S/C11H17NO7S2/c12-9-2-3-10(11(8-9)21(16,17)18)19-5-1-6-20(14,15)7-4-13/h2-3,8,13H,1,4-7,12H2,(H,16,17,18). The van der Waals surface area contributed by atoms with E-state index in [0.29, 0.717) is 0 Å². The molecule has 120 valence electrons. The molecule has 21 heavy (non-hydrogen) atoms. The number of benzene rings is 1. The summed E-state index contributed by atoms with van der Waals surface area (Å²) in [4.78, 5) is -0.472. The molecule has 0 atom stereocenters. The van der Waals surface area contributed by atoms with Gasteiger partial charge in [-0.2, -0.15) is 8.42 Å². The van der Waals surface area contributed by atoms with Gasteiger partial charge in [0.15, 0.2) is 9.84 Å². The zero-order valence-corrected chi connectivity index (χ0v) is 12.7. The van der Waals surface area contributed by atoms with E-state index in [1.54, 1.807) is 0 Å². The van der Waals surface area contributed by atoms with Crippen molar-refractivity contribution in [1.82, 2.24) is 0 Å². The molecule has 0 spiro atoms. The number of anilines is 1. The molecule has 8 nitrogen and oxygen atoms in total. The van der Waals surface area contributed by atoms with Crippen molar-refractivity contribution in [2.45, 2.75) is 11.3 Å². The molecule has 0 aliphatic rings. The van der Waals surface area contributed by atoms with E-state index in [2.05, 4.69) is 0 Å². The number of rotatable bonds is 8. The summed E-state index contributed by atoms with van der Waals surface area (Å²) in [5.74, 6) is -0.624. The van der Waals surface area contributed by atoms with Crippen molar-refractivity contribution in [3.05, 3.63) is 18.2 Å². The van der Waals surface area contributed by atoms with Gasteiger partial charge < -0.3 is 15.6 Å².